The number of hydrogen-bond donors (Lipinski definition) is 1. The highest BCUT2D eigenvalue weighted by molar-refractivity contribution is 6.30. The molecule has 1 amide bonds. The molecule has 0 unspecified atom stereocenters. The van der Waals surface area contributed by atoms with Crippen molar-refractivity contribution in [1.82, 2.24) is 15.5 Å². The third-order valence-electron chi connectivity index (χ3n) is 3.65. The number of nitrogens with zero attached hydrogens (tertiary/aromatic N) is 2. The number of carbonyl (C=O) groups excluding carboxylic acids is 2. The molecule has 3 rings (SSSR count). The minimum atomic E-state index is -4.73. The lowest BCUT2D eigenvalue weighted by molar-refractivity contribution is -0.159. The van der Waals surface area contributed by atoms with E-state index in [0.29, 0.717) is 10.6 Å². The van der Waals surface area contributed by atoms with Gasteiger partial charge in [0.1, 0.15) is 0 Å². The molecule has 2 aromatic carbocycles. The Kier molecular flexibility index (Phi) is 5.46. The Morgan fingerprint density at radius 1 is 1.00 bits per heavy atom. The zero-order valence-electron chi connectivity index (χ0n) is 14.0. The Bertz CT molecular complexity index is 999. The van der Waals surface area contributed by atoms with Crippen LogP contribution in [0.3, 0.4) is 0 Å². The van der Waals surface area contributed by atoms with Crippen molar-refractivity contribution in [3.63, 3.8) is 0 Å². The number of rotatable bonds is 5. The number of nitrogens with one attached hydrogen (secondary N) is 1. The standard InChI is InChI=1S/C18H11ClF3N3O3/c19-13-7-5-12(6-8-13)16(27)23-9-14(26)10-1-3-11(4-2-10)15-24-17(28-25-15)18(20,21)22/h1-8H,9H2,(H,23,27). The highest BCUT2D eigenvalue weighted by Crippen LogP contribution is 2.29. The first-order chi connectivity index (χ1) is 13.2. The number of hydrogen-bond acceptors (Lipinski definition) is 5. The van der Waals surface area contributed by atoms with Gasteiger partial charge in [-0.2, -0.15) is 18.2 Å². The summed E-state index contributed by atoms with van der Waals surface area (Å²) in [7, 11) is 0. The molecule has 0 bridgehead atoms. The van der Waals surface area contributed by atoms with Gasteiger partial charge in [0.05, 0.1) is 6.54 Å². The van der Waals surface area contributed by atoms with Crippen LogP contribution in [0.2, 0.25) is 5.02 Å². The molecular formula is C18H11ClF3N3O3. The van der Waals surface area contributed by atoms with Gasteiger partial charge < -0.3 is 9.84 Å². The Balaban J connectivity index is 1.63. The number of alkyl halides is 3. The maximum Gasteiger partial charge on any atom is 0.471 e. The molecule has 3 aromatic rings. The molecule has 1 aromatic heterocycles. The maximum atomic E-state index is 12.5. The molecule has 6 nitrogen and oxygen atoms in total. The van der Waals surface area contributed by atoms with Crippen molar-refractivity contribution in [2.75, 3.05) is 6.54 Å². The van der Waals surface area contributed by atoms with E-state index in [2.05, 4.69) is 20.0 Å². The minimum absolute atomic E-state index is 0.248. The summed E-state index contributed by atoms with van der Waals surface area (Å²) in [6, 6.07) is 11.7. The summed E-state index contributed by atoms with van der Waals surface area (Å²) >= 11 is 5.75. The Labute approximate surface area is 161 Å². The van der Waals surface area contributed by atoms with Crippen LogP contribution < -0.4 is 5.32 Å². The molecule has 0 fully saturated rings. The van der Waals surface area contributed by atoms with E-state index >= 15 is 0 Å². The van der Waals surface area contributed by atoms with E-state index in [1.54, 1.807) is 12.1 Å². The second-order valence-corrected chi connectivity index (χ2v) is 6.05. The molecule has 0 aliphatic heterocycles. The molecular weight excluding hydrogens is 399 g/mol. The van der Waals surface area contributed by atoms with Crippen LogP contribution in [0.1, 0.15) is 26.6 Å². The third-order valence-corrected chi connectivity index (χ3v) is 3.90. The van der Waals surface area contributed by atoms with Crippen LogP contribution in [-0.2, 0) is 6.18 Å². The second-order valence-electron chi connectivity index (χ2n) is 5.61. The quantitative estimate of drug-likeness (QED) is 0.643. The molecule has 0 saturated heterocycles. The zero-order valence-corrected chi connectivity index (χ0v) is 14.7. The smallest absolute Gasteiger partial charge is 0.345 e. The van der Waals surface area contributed by atoms with Gasteiger partial charge in [0.25, 0.3) is 5.91 Å². The molecule has 10 heteroatoms. The van der Waals surface area contributed by atoms with Crippen LogP contribution in [0.4, 0.5) is 13.2 Å². The van der Waals surface area contributed by atoms with E-state index < -0.39 is 18.0 Å². The van der Waals surface area contributed by atoms with Crippen molar-refractivity contribution in [1.29, 1.82) is 0 Å². The van der Waals surface area contributed by atoms with Crippen molar-refractivity contribution < 1.29 is 27.3 Å². The lowest BCUT2D eigenvalue weighted by atomic mass is 10.1. The number of ketones is 1. The van der Waals surface area contributed by atoms with Crippen LogP contribution in [0, 0.1) is 0 Å². The van der Waals surface area contributed by atoms with Crippen LogP contribution in [0.25, 0.3) is 11.4 Å². The molecule has 0 spiro atoms. The van der Waals surface area contributed by atoms with Crippen molar-refractivity contribution in [2.24, 2.45) is 0 Å². The summed E-state index contributed by atoms with van der Waals surface area (Å²) in [4.78, 5) is 27.4. The fourth-order valence-corrected chi connectivity index (χ4v) is 2.35. The summed E-state index contributed by atoms with van der Waals surface area (Å²) in [5, 5.41) is 6.24. The molecule has 0 aliphatic carbocycles. The third kappa shape index (κ3) is 4.55. The predicted octanol–water partition coefficient (Wildman–Crippen LogP) is 4.02. The SMILES string of the molecule is O=C(CNC(=O)c1ccc(Cl)cc1)c1ccc(-c2noc(C(F)(F)F)n2)cc1. The van der Waals surface area contributed by atoms with Gasteiger partial charge in [0.15, 0.2) is 5.78 Å². The highest BCUT2D eigenvalue weighted by Gasteiger charge is 2.38. The minimum Gasteiger partial charge on any atom is -0.345 e. The largest absolute Gasteiger partial charge is 0.471 e. The van der Waals surface area contributed by atoms with E-state index in [1.807, 2.05) is 0 Å². The van der Waals surface area contributed by atoms with Gasteiger partial charge in [-0.1, -0.05) is 41.0 Å². The number of benzene rings is 2. The summed E-state index contributed by atoms with van der Waals surface area (Å²) in [5.74, 6) is -2.51. The highest BCUT2D eigenvalue weighted by atomic mass is 35.5. The zero-order chi connectivity index (χ0) is 20.3. The van der Waals surface area contributed by atoms with Gasteiger partial charge in [-0.25, -0.2) is 0 Å². The lowest BCUT2D eigenvalue weighted by Crippen LogP contribution is -2.29. The molecule has 0 radical (unpaired) electrons. The summed E-state index contributed by atoms with van der Waals surface area (Å²) in [6.45, 7) is -0.249. The maximum absolute atomic E-state index is 12.5. The van der Waals surface area contributed by atoms with Crippen molar-refractivity contribution >= 4 is 23.3 Å². The molecule has 0 saturated carbocycles. The summed E-state index contributed by atoms with van der Waals surface area (Å²) in [5.41, 5.74) is 0.866. The van der Waals surface area contributed by atoms with Gasteiger partial charge in [0, 0.05) is 21.7 Å². The fourth-order valence-electron chi connectivity index (χ4n) is 2.23. The number of halogens is 4. The molecule has 28 heavy (non-hydrogen) atoms. The van der Waals surface area contributed by atoms with Gasteiger partial charge in [-0.3, -0.25) is 9.59 Å². The average molecular weight is 410 g/mol. The normalized spacial score (nSPS) is 11.3. The molecule has 1 heterocycles. The average Bonchev–Trinajstić information content (AvgIpc) is 3.17. The van der Waals surface area contributed by atoms with Crippen LogP contribution in [0.15, 0.2) is 53.1 Å². The predicted molar refractivity (Wildman–Crippen MR) is 92.9 cm³/mol. The van der Waals surface area contributed by atoms with Gasteiger partial charge >= 0.3 is 12.1 Å². The van der Waals surface area contributed by atoms with E-state index in [0.717, 1.165) is 0 Å². The van der Waals surface area contributed by atoms with Crippen LogP contribution in [-0.4, -0.2) is 28.4 Å². The Hall–Kier alpha value is -3.20. The summed E-state index contributed by atoms with van der Waals surface area (Å²) in [6.07, 6.45) is -4.73. The van der Waals surface area contributed by atoms with E-state index in [-0.39, 0.29) is 29.3 Å². The van der Waals surface area contributed by atoms with Gasteiger partial charge in [-0.05, 0) is 24.3 Å². The van der Waals surface area contributed by atoms with Crippen LogP contribution in [0.5, 0.6) is 0 Å². The van der Waals surface area contributed by atoms with Crippen molar-refractivity contribution in [2.45, 2.75) is 6.18 Å². The van der Waals surface area contributed by atoms with E-state index in [4.69, 9.17) is 11.6 Å². The Morgan fingerprint density at radius 2 is 1.61 bits per heavy atom. The van der Waals surface area contributed by atoms with Crippen LogP contribution >= 0.6 is 11.6 Å². The first-order valence-electron chi connectivity index (χ1n) is 7.82. The first kappa shape index (κ1) is 19.6. The number of Topliss-reactive ketones (excluding diaryl/α,β-unsaturated/α-hetero) is 1. The van der Waals surface area contributed by atoms with E-state index in [9.17, 15) is 22.8 Å². The fraction of sp³-hybridized carbons (Fsp3) is 0.111. The second kappa shape index (κ2) is 7.81. The van der Waals surface area contributed by atoms with E-state index in [1.165, 1.54) is 36.4 Å². The molecule has 0 atom stereocenters. The number of aromatic nitrogens is 2. The van der Waals surface area contributed by atoms with Crippen molar-refractivity contribution in [3.8, 4) is 11.4 Å². The molecule has 144 valence electrons. The van der Waals surface area contributed by atoms with Gasteiger partial charge in [0.2, 0.25) is 5.82 Å². The topological polar surface area (TPSA) is 85.1 Å². The van der Waals surface area contributed by atoms with Crippen molar-refractivity contribution in [3.05, 3.63) is 70.6 Å². The summed E-state index contributed by atoms with van der Waals surface area (Å²) < 4.78 is 41.7. The first-order valence-corrected chi connectivity index (χ1v) is 8.20. The Morgan fingerprint density at radius 3 is 2.18 bits per heavy atom. The monoisotopic (exact) mass is 409 g/mol. The lowest BCUT2D eigenvalue weighted by Gasteiger charge is -2.05. The number of amides is 1. The van der Waals surface area contributed by atoms with Gasteiger partial charge in [-0.15, -0.1) is 0 Å². The molecule has 0 aliphatic rings. The number of carbonyl (C=O) groups is 2. The molecule has 1 N–H and O–H groups in total.